The van der Waals surface area contributed by atoms with E-state index in [1.807, 2.05) is 0 Å². The molecule has 0 radical (unpaired) electrons. The first-order valence-electron chi connectivity index (χ1n) is 8.21. The first-order valence-corrected chi connectivity index (χ1v) is 10.5. The van der Waals surface area contributed by atoms with Crippen LogP contribution >= 0.6 is 21.6 Å². The molecule has 0 unspecified atom stereocenters. The summed E-state index contributed by atoms with van der Waals surface area (Å²) >= 11 is 0. The highest BCUT2D eigenvalue weighted by molar-refractivity contribution is 8.77. The molecule has 2 nitrogen and oxygen atoms in total. The highest BCUT2D eigenvalue weighted by atomic mass is 33.1. The van der Waals surface area contributed by atoms with Crippen molar-refractivity contribution in [3.05, 3.63) is 0 Å². The van der Waals surface area contributed by atoms with Gasteiger partial charge < -0.3 is 0 Å². The molecule has 120 valence electrons. The lowest BCUT2D eigenvalue weighted by Crippen LogP contribution is -2.51. The zero-order valence-electron chi connectivity index (χ0n) is 14.2. The summed E-state index contributed by atoms with van der Waals surface area (Å²) < 4.78 is 0.372. The van der Waals surface area contributed by atoms with Crippen LogP contribution in [0.4, 0.5) is 0 Å². The van der Waals surface area contributed by atoms with Gasteiger partial charge in [-0.25, -0.2) is 0 Å². The van der Waals surface area contributed by atoms with Crippen LogP contribution in [-0.4, -0.2) is 59.1 Å². The molecule has 0 saturated carbocycles. The van der Waals surface area contributed by atoms with E-state index in [1.54, 1.807) is 0 Å². The van der Waals surface area contributed by atoms with E-state index in [0.717, 1.165) is 0 Å². The summed E-state index contributed by atoms with van der Waals surface area (Å²) in [6.45, 7) is 17.9. The Bertz CT molecular complexity index is 249. The summed E-state index contributed by atoms with van der Waals surface area (Å²) in [5.74, 6) is 1.31. The molecular weight excluding hydrogens is 284 g/mol. The third kappa shape index (κ3) is 7.58. The molecule has 0 bridgehead atoms. The summed E-state index contributed by atoms with van der Waals surface area (Å²) in [7, 11) is 4.17. The van der Waals surface area contributed by atoms with Gasteiger partial charge in [0.2, 0.25) is 0 Å². The minimum absolute atomic E-state index is 0.372. The lowest BCUT2D eigenvalue weighted by molar-refractivity contribution is 0.104. The molecule has 0 aromatic heterocycles. The van der Waals surface area contributed by atoms with E-state index in [4.69, 9.17) is 0 Å². The van der Waals surface area contributed by atoms with Gasteiger partial charge in [-0.05, 0) is 34.1 Å². The molecule has 1 aliphatic heterocycles. The smallest absolute Gasteiger partial charge is 0.0334 e. The first-order chi connectivity index (χ1) is 9.44. The largest absolute Gasteiger partial charge is 0.299 e. The maximum atomic E-state index is 2.65. The molecular formula is C16H34N2S2. The van der Waals surface area contributed by atoms with Crippen LogP contribution in [0.15, 0.2) is 0 Å². The van der Waals surface area contributed by atoms with Gasteiger partial charge in [0, 0.05) is 49.3 Å². The van der Waals surface area contributed by atoms with Crippen LogP contribution in [0.5, 0.6) is 0 Å². The van der Waals surface area contributed by atoms with E-state index in [9.17, 15) is 0 Å². The van der Waals surface area contributed by atoms with Gasteiger partial charge in [0.1, 0.15) is 0 Å². The molecule has 20 heavy (non-hydrogen) atoms. The predicted octanol–water partition coefficient (Wildman–Crippen LogP) is 4.36. The van der Waals surface area contributed by atoms with Gasteiger partial charge >= 0.3 is 0 Å². The summed E-state index contributed by atoms with van der Waals surface area (Å²) in [5, 5.41) is 0. The van der Waals surface area contributed by atoms with Crippen LogP contribution in [0.1, 0.15) is 53.9 Å². The zero-order chi connectivity index (χ0) is 15.0. The van der Waals surface area contributed by atoms with Crippen molar-refractivity contribution >= 4 is 21.6 Å². The molecule has 0 spiro atoms. The second-order valence-electron chi connectivity index (χ2n) is 6.78. The number of nitrogens with zero attached hydrogens (tertiary/aromatic N) is 2. The standard InChI is InChI=1S/C16H34N2S2/c1-6-7-8-13-19-20-16(4,5)14-17-9-11-18(12-10-17)15(2)3/h15H,6-14H2,1-5H3. The van der Waals surface area contributed by atoms with E-state index >= 15 is 0 Å². The van der Waals surface area contributed by atoms with Gasteiger partial charge in [0.25, 0.3) is 0 Å². The topological polar surface area (TPSA) is 6.48 Å². The molecule has 4 heteroatoms. The monoisotopic (exact) mass is 318 g/mol. The van der Waals surface area contributed by atoms with E-state index in [0.29, 0.717) is 10.8 Å². The Morgan fingerprint density at radius 2 is 1.70 bits per heavy atom. The SMILES string of the molecule is CCCCCSSC(C)(C)CN1CCN(C(C)C)CC1. The number of unbranched alkanes of at least 4 members (excludes halogenated alkanes) is 2. The highest BCUT2D eigenvalue weighted by Crippen LogP contribution is 2.36. The van der Waals surface area contributed by atoms with Gasteiger partial charge in [-0.2, -0.15) is 0 Å². The molecule has 1 aliphatic rings. The van der Waals surface area contributed by atoms with Crippen LogP contribution in [0, 0.1) is 0 Å². The van der Waals surface area contributed by atoms with Crippen molar-refractivity contribution in [1.82, 2.24) is 9.80 Å². The van der Waals surface area contributed by atoms with E-state index < -0.39 is 0 Å². The Morgan fingerprint density at radius 3 is 2.25 bits per heavy atom. The molecule has 0 N–H and O–H groups in total. The average molecular weight is 319 g/mol. The Hall–Kier alpha value is 0.620. The minimum atomic E-state index is 0.372. The molecule has 1 saturated heterocycles. The van der Waals surface area contributed by atoms with Crippen molar-refractivity contribution in [3.63, 3.8) is 0 Å². The molecule has 0 atom stereocenters. The van der Waals surface area contributed by atoms with Gasteiger partial charge in [0.15, 0.2) is 0 Å². The number of rotatable bonds is 9. The molecule has 1 fully saturated rings. The maximum absolute atomic E-state index is 2.65. The molecule has 0 amide bonds. The van der Waals surface area contributed by atoms with Gasteiger partial charge in [-0.3, -0.25) is 9.80 Å². The predicted molar refractivity (Wildman–Crippen MR) is 96.8 cm³/mol. The third-order valence-corrected chi connectivity index (χ3v) is 7.22. The fourth-order valence-electron chi connectivity index (χ4n) is 2.61. The highest BCUT2D eigenvalue weighted by Gasteiger charge is 2.26. The molecule has 1 rings (SSSR count). The maximum Gasteiger partial charge on any atom is 0.0334 e. The lowest BCUT2D eigenvalue weighted by Gasteiger charge is -2.40. The Balaban J connectivity index is 2.18. The van der Waals surface area contributed by atoms with Gasteiger partial charge in [-0.15, -0.1) is 0 Å². The molecule has 0 aromatic carbocycles. The second kappa shape index (κ2) is 9.60. The minimum Gasteiger partial charge on any atom is -0.299 e. The molecule has 1 heterocycles. The normalized spacial score (nSPS) is 18.9. The number of piperazine rings is 1. The lowest BCUT2D eigenvalue weighted by atomic mass is 10.1. The Kier molecular flexibility index (Phi) is 8.96. The zero-order valence-corrected chi connectivity index (χ0v) is 15.8. The van der Waals surface area contributed by atoms with Crippen LogP contribution < -0.4 is 0 Å². The Labute approximate surface area is 134 Å². The molecule has 0 aliphatic carbocycles. The fraction of sp³-hybridized carbons (Fsp3) is 1.00. The fourth-order valence-corrected chi connectivity index (χ4v) is 5.29. The number of hydrogen-bond acceptors (Lipinski definition) is 4. The van der Waals surface area contributed by atoms with Crippen molar-refractivity contribution in [3.8, 4) is 0 Å². The van der Waals surface area contributed by atoms with Crippen molar-refractivity contribution in [2.75, 3.05) is 38.5 Å². The van der Waals surface area contributed by atoms with Crippen LogP contribution in [0.25, 0.3) is 0 Å². The quantitative estimate of drug-likeness (QED) is 0.460. The first kappa shape index (κ1) is 18.7. The van der Waals surface area contributed by atoms with Crippen molar-refractivity contribution in [2.45, 2.75) is 64.7 Å². The van der Waals surface area contributed by atoms with Crippen LogP contribution in [0.3, 0.4) is 0 Å². The summed E-state index contributed by atoms with van der Waals surface area (Å²) in [6.07, 6.45) is 4.08. The Morgan fingerprint density at radius 1 is 1.05 bits per heavy atom. The van der Waals surface area contributed by atoms with E-state index in [1.165, 1.54) is 57.7 Å². The number of hydrogen-bond donors (Lipinski definition) is 0. The summed E-state index contributed by atoms with van der Waals surface area (Å²) in [4.78, 5) is 5.24. The van der Waals surface area contributed by atoms with Crippen LogP contribution in [-0.2, 0) is 0 Å². The van der Waals surface area contributed by atoms with Crippen molar-refractivity contribution in [2.24, 2.45) is 0 Å². The summed E-state index contributed by atoms with van der Waals surface area (Å²) in [5.41, 5.74) is 0. The van der Waals surface area contributed by atoms with Crippen LogP contribution in [0.2, 0.25) is 0 Å². The van der Waals surface area contributed by atoms with Crippen molar-refractivity contribution in [1.29, 1.82) is 0 Å². The van der Waals surface area contributed by atoms with Gasteiger partial charge in [0.05, 0.1) is 0 Å². The third-order valence-electron chi connectivity index (χ3n) is 3.86. The second-order valence-corrected chi connectivity index (χ2v) is 9.90. The van der Waals surface area contributed by atoms with Gasteiger partial charge in [-0.1, -0.05) is 41.4 Å². The average Bonchev–Trinajstić information content (AvgIpc) is 2.38. The summed E-state index contributed by atoms with van der Waals surface area (Å²) in [6, 6.07) is 0.702. The van der Waals surface area contributed by atoms with E-state index in [-0.39, 0.29) is 0 Å². The van der Waals surface area contributed by atoms with E-state index in [2.05, 4.69) is 66.0 Å². The van der Waals surface area contributed by atoms with Crippen molar-refractivity contribution < 1.29 is 0 Å². The molecule has 0 aromatic rings.